The first-order chi connectivity index (χ1) is 7.13. The van der Waals surface area contributed by atoms with Gasteiger partial charge in [0.1, 0.15) is 5.75 Å². The summed E-state index contributed by atoms with van der Waals surface area (Å²) in [6.45, 7) is 1.80. The molecule has 4 nitrogen and oxygen atoms in total. The van der Waals surface area contributed by atoms with Crippen LogP contribution in [0.1, 0.15) is 18.5 Å². The summed E-state index contributed by atoms with van der Waals surface area (Å²) in [6, 6.07) is 7.29. The number of nitrogens with two attached hydrogens (primary N) is 1. The van der Waals surface area contributed by atoms with E-state index in [1.807, 2.05) is 25.1 Å². The zero-order chi connectivity index (χ0) is 11.3. The molecule has 0 fully saturated rings. The molecule has 1 aromatic carbocycles. The van der Waals surface area contributed by atoms with Gasteiger partial charge in [0.2, 0.25) is 0 Å². The molecule has 0 amide bonds. The van der Waals surface area contributed by atoms with Crippen molar-refractivity contribution in [3.05, 3.63) is 29.8 Å². The van der Waals surface area contributed by atoms with Crippen LogP contribution in [0.25, 0.3) is 0 Å². The maximum Gasteiger partial charge on any atom is 0.343 e. The average molecular weight is 209 g/mol. The first kappa shape index (κ1) is 11.5. The molecular weight excluding hydrogens is 194 g/mol. The van der Waals surface area contributed by atoms with Crippen LogP contribution in [-0.2, 0) is 9.53 Å². The zero-order valence-electron chi connectivity index (χ0n) is 8.90. The minimum atomic E-state index is -0.402. The highest BCUT2D eigenvalue weighted by Gasteiger charge is 2.04. The van der Waals surface area contributed by atoms with Gasteiger partial charge in [-0.1, -0.05) is 12.1 Å². The lowest BCUT2D eigenvalue weighted by atomic mass is 10.1. The highest BCUT2D eigenvalue weighted by atomic mass is 16.6. The maximum absolute atomic E-state index is 10.8. The monoisotopic (exact) mass is 209 g/mol. The molecule has 0 spiro atoms. The number of hydrogen-bond acceptors (Lipinski definition) is 4. The van der Waals surface area contributed by atoms with E-state index in [0.717, 1.165) is 5.56 Å². The number of esters is 1. The Bertz CT molecular complexity index is 336. The fourth-order valence-electron chi connectivity index (χ4n) is 1.09. The number of ether oxygens (including phenoxy) is 2. The van der Waals surface area contributed by atoms with Crippen molar-refractivity contribution in [2.75, 3.05) is 13.7 Å². The summed E-state index contributed by atoms with van der Waals surface area (Å²) >= 11 is 0. The van der Waals surface area contributed by atoms with E-state index < -0.39 is 5.97 Å². The third-order valence-corrected chi connectivity index (χ3v) is 1.97. The molecule has 0 aliphatic rings. The summed E-state index contributed by atoms with van der Waals surface area (Å²) in [7, 11) is 1.32. The molecule has 0 radical (unpaired) electrons. The third-order valence-electron chi connectivity index (χ3n) is 1.97. The molecule has 0 saturated heterocycles. The predicted molar refractivity (Wildman–Crippen MR) is 56.6 cm³/mol. The summed E-state index contributed by atoms with van der Waals surface area (Å²) in [4.78, 5) is 10.8. The minimum Gasteiger partial charge on any atom is -0.482 e. The number of carbonyl (C=O) groups is 1. The Morgan fingerprint density at radius 1 is 1.53 bits per heavy atom. The van der Waals surface area contributed by atoms with Crippen molar-refractivity contribution in [1.29, 1.82) is 0 Å². The first-order valence-corrected chi connectivity index (χ1v) is 4.68. The van der Waals surface area contributed by atoms with Gasteiger partial charge in [0.25, 0.3) is 0 Å². The summed E-state index contributed by atoms with van der Waals surface area (Å²) < 4.78 is 9.68. The van der Waals surface area contributed by atoms with Gasteiger partial charge in [-0.25, -0.2) is 4.79 Å². The van der Waals surface area contributed by atoms with Gasteiger partial charge in [0.05, 0.1) is 7.11 Å². The Kier molecular flexibility index (Phi) is 4.12. The van der Waals surface area contributed by atoms with Crippen LogP contribution in [0, 0.1) is 0 Å². The Morgan fingerprint density at radius 3 is 2.87 bits per heavy atom. The van der Waals surface area contributed by atoms with Crippen LogP contribution in [0.4, 0.5) is 0 Å². The molecule has 0 saturated carbocycles. The van der Waals surface area contributed by atoms with E-state index >= 15 is 0 Å². The standard InChI is InChI=1S/C11H15NO3/c1-8(12)9-4-3-5-10(6-9)15-7-11(13)14-2/h3-6,8H,7,12H2,1-2H3/t8-/m0/s1. The highest BCUT2D eigenvalue weighted by molar-refractivity contribution is 5.70. The molecule has 15 heavy (non-hydrogen) atoms. The van der Waals surface area contributed by atoms with Crippen molar-refractivity contribution in [3.63, 3.8) is 0 Å². The molecular formula is C11H15NO3. The highest BCUT2D eigenvalue weighted by Crippen LogP contribution is 2.17. The van der Waals surface area contributed by atoms with Crippen LogP contribution in [0.15, 0.2) is 24.3 Å². The molecule has 1 atom stereocenters. The number of benzene rings is 1. The van der Waals surface area contributed by atoms with Crippen LogP contribution in [0.2, 0.25) is 0 Å². The van der Waals surface area contributed by atoms with Crippen LogP contribution in [0.5, 0.6) is 5.75 Å². The second-order valence-electron chi connectivity index (χ2n) is 3.23. The molecule has 2 N–H and O–H groups in total. The zero-order valence-corrected chi connectivity index (χ0v) is 8.90. The molecule has 0 bridgehead atoms. The van der Waals surface area contributed by atoms with Crippen molar-refractivity contribution in [2.45, 2.75) is 13.0 Å². The van der Waals surface area contributed by atoms with Crippen LogP contribution in [0.3, 0.4) is 0 Å². The van der Waals surface area contributed by atoms with Crippen molar-refractivity contribution in [2.24, 2.45) is 5.73 Å². The molecule has 0 aliphatic heterocycles. The smallest absolute Gasteiger partial charge is 0.343 e. The Labute approximate surface area is 89.0 Å². The summed E-state index contributed by atoms with van der Waals surface area (Å²) in [5, 5.41) is 0. The first-order valence-electron chi connectivity index (χ1n) is 4.68. The van der Waals surface area contributed by atoms with E-state index in [9.17, 15) is 4.79 Å². The number of hydrogen-bond donors (Lipinski definition) is 1. The van der Waals surface area contributed by atoms with E-state index in [2.05, 4.69) is 4.74 Å². The van der Waals surface area contributed by atoms with E-state index in [4.69, 9.17) is 10.5 Å². The normalized spacial score (nSPS) is 11.9. The second-order valence-corrected chi connectivity index (χ2v) is 3.23. The van der Waals surface area contributed by atoms with Crippen LogP contribution in [-0.4, -0.2) is 19.7 Å². The van der Waals surface area contributed by atoms with Crippen molar-refractivity contribution < 1.29 is 14.3 Å². The van der Waals surface area contributed by atoms with Crippen LogP contribution >= 0.6 is 0 Å². The predicted octanol–water partition coefficient (Wildman–Crippen LogP) is 1.26. The SMILES string of the molecule is COC(=O)COc1cccc([C@H](C)N)c1. The van der Waals surface area contributed by atoms with E-state index in [-0.39, 0.29) is 12.6 Å². The fraction of sp³-hybridized carbons (Fsp3) is 0.364. The number of methoxy groups -OCH3 is 1. The Hall–Kier alpha value is -1.55. The molecule has 1 rings (SSSR count). The number of carbonyl (C=O) groups excluding carboxylic acids is 1. The topological polar surface area (TPSA) is 61.5 Å². The van der Waals surface area contributed by atoms with Gasteiger partial charge >= 0.3 is 5.97 Å². The molecule has 4 heteroatoms. The minimum absolute atomic E-state index is 0.0494. The quantitative estimate of drug-likeness (QED) is 0.758. The lowest BCUT2D eigenvalue weighted by Crippen LogP contribution is -2.13. The summed E-state index contributed by atoms with van der Waals surface area (Å²) in [5.74, 6) is 0.219. The Balaban J connectivity index is 2.61. The third kappa shape index (κ3) is 3.59. The Morgan fingerprint density at radius 2 is 2.27 bits per heavy atom. The molecule has 0 aromatic heterocycles. The van der Waals surface area contributed by atoms with Crippen molar-refractivity contribution in [1.82, 2.24) is 0 Å². The van der Waals surface area contributed by atoms with Gasteiger partial charge in [-0.15, -0.1) is 0 Å². The second kappa shape index (κ2) is 5.36. The fourth-order valence-corrected chi connectivity index (χ4v) is 1.09. The van der Waals surface area contributed by atoms with Gasteiger partial charge in [-0.3, -0.25) is 0 Å². The van der Waals surface area contributed by atoms with Gasteiger partial charge in [-0.2, -0.15) is 0 Å². The number of rotatable bonds is 4. The van der Waals surface area contributed by atoms with E-state index in [1.54, 1.807) is 6.07 Å². The van der Waals surface area contributed by atoms with Gasteiger partial charge in [0.15, 0.2) is 6.61 Å². The van der Waals surface area contributed by atoms with Crippen molar-refractivity contribution in [3.8, 4) is 5.75 Å². The lowest BCUT2D eigenvalue weighted by Gasteiger charge is -2.08. The van der Waals surface area contributed by atoms with Gasteiger partial charge in [0, 0.05) is 6.04 Å². The summed E-state index contributed by atoms with van der Waals surface area (Å²) in [6.07, 6.45) is 0. The van der Waals surface area contributed by atoms with E-state index in [1.165, 1.54) is 7.11 Å². The molecule has 0 unspecified atom stereocenters. The summed E-state index contributed by atoms with van der Waals surface area (Å²) in [5.41, 5.74) is 6.69. The van der Waals surface area contributed by atoms with Gasteiger partial charge < -0.3 is 15.2 Å². The van der Waals surface area contributed by atoms with Gasteiger partial charge in [-0.05, 0) is 24.6 Å². The average Bonchev–Trinajstić information content (AvgIpc) is 2.26. The van der Waals surface area contributed by atoms with Crippen LogP contribution < -0.4 is 10.5 Å². The maximum atomic E-state index is 10.8. The molecule has 0 aliphatic carbocycles. The lowest BCUT2D eigenvalue weighted by molar-refractivity contribution is -0.142. The van der Waals surface area contributed by atoms with Crippen molar-refractivity contribution >= 4 is 5.97 Å². The molecule has 0 heterocycles. The molecule has 1 aromatic rings. The largest absolute Gasteiger partial charge is 0.482 e. The van der Waals surface area contributed by atoms with E-state index in [0.29, 0.717) is 5.75 Å². The molecule has 82 valence electrons.